The molecule has 4 aliphatic rings. The lowest BCUT2D eigenvalue weighted by Crippen LogP contribution is -2.15. The molecule has 85 heavy (non-hydrogen) atoms. The monoisotopic (exact) mass is 1120 g/mol. The van der Waals surface area contributed by atoms with Gasteiger partial charge in [-0.25, -0.2) is 9.78 Å². The smallest absolute Gasteiger partial charge is 0.337 e. The summed E-state index contributed by atoms with van der Waals surface area (Å²) in [6.07, 6.45) is 8.05. The molecule has 16 bridgehead atoms. The lowest BCUT2D eigenvalue weighted by Gasteiger charge is -2.16. The van der Waals surface area contributed by atoms with Crippen molar-refractivity contribution in [3.63, 3.8) is 0 Å². The molecule has 0 spiro atoms. The average molecular weight is 1120 g/mol. The van der Waals surface area contributed by atoms with Gasteiger partial charge in [0.2, 0.25) is 0 Å². The zero-order valence-corrected chi connectivity index (χ0v) is 48.8. The number of rotatable bonds is 7. The maximum atomic E-state index is 13.9. The van der Waals surface area contributed by atoms with E-state index in [0.29, 0.717) is 29.0 Å². The summed E-state index contributed by atoms with van der Waals surface area (Å²) < 4.78 is 11.1. The second-order valence-electron chi connectivity index (χ2n) is 24.3. The van der Waals surface area contributed by atoms with Crippen LogP contribution in [0.25, 0.3) is 84.6 Å². The average Bonchev–Trinajstić information content (AvgIpc) is 2.27. The van der Waals surface area contributed by atoms with Gasteiger partial charge in [-0.3, -0.25) is 19.7 Å². The lowest BCUT2D eigenvalue weighted by molar-refractivity contribution is 0.0600. The summed E-state index contributed by atoms with van der Waals surface area (Å²) in [5.41, 5.74) is 21.3. The molecule has 10 heterocycles. The van der Waals surface area contributed by atoms with Crippen LogP contribution in [-0.2, 0) is 40.2 Å². The quantitative estimate of drug-likeness (QED) is 0.0773. The van der Waals surface area contributed by atoms with Crippen LogP contribution in [0.15, 0.2) is 146 Å². The fourth-order valence-corrected chi connectivity index (χ4v) is 11.9. The number of carbonyl (C=O) groups is 2. The van der Waals surface area contributed by atoms with Crippen molar-refractivity contribution in [1.29, 1.82) is 0 Å². The van der Waals surface area contributed by atoms with Gasteiger partial charge < -0.3 is 34.7 Å². The number of hydrogen-bond donors (Lipinski definition) is 5. The van der Waals surface area contributed by atoms with Crippen molar-refractivity contribution in [2.45, 2.75) is 77.0 Å². The maximum Gasteiger partial charge on any atom is 0.337 e. The summed E-state index contributed by atoms with van der Waals surface area (Å²) in [4.78, 5) is 61.6. The van der Waals surface area contributed by atoms with Crippen molar-refractivity contribution in [2.24, 2.45) is 0 Å². The van der Waals surface area contributed by atoms with Crippen LogP contribution in [0.2, 0.25) is 0 Å². The van der Waals surface area contributed by atoms with Crippen LogP contribution in [-0.4, -0.2) is 66.0 Å². The van der Waals surface area contributed by atoms with Crippen LogP contribution in [0.3, 0.4) is 0 Å². The second kappa shape index (κ2) is 20.8. The Morgan fingerprint density at radius 3 is 1.88 bits per heavy atom. The predicted molar refractivity (Wildman–Crippen MR) is 340 cm³/mol. The Hall–Kier alpha value is -10.3. The first kappa shape index (κ1) is 54.0. The van der Waals surface area contributed by atoms with E-state index in [1.54, 1.807) is 31.4 Å². The van der Waals surface area contributed by atoms with Gasteiger partial charge in [0.1, 0.15) is 0 Å². The maximum absolute atomic E-state index is 13.9. The van der Waals surface area contributed by atoms with Crippen molar-refractivity contribution in [2.75, 3.05) is 19.5 Å². The summed E-state index contributed by atoms with van der Waals surface area (Å²) in [5, 5.41) is 3.11. The highest BCUT2D eigenvalue weighted by Crippen LogP contribution is 2.40. The normalized spacial score (nSPS) is 14.5. The number of ether oxygens (including phenoxy) is 2. The van der Waals surface area contributed by atoms with E-state index in [1.165, 1.54) is 7.11 Å². The molecule has 0 fully saturated rings. The first-order chi connectivity index (χ1) is 40.9. The molecule has 0 aliphatic carbocycles. The summed E-state index contributed by atoms with van der Waals surface area (Å²) in [6, 6.07) is 45.6. The van der Waals surface area contributed by atoms with Gasteiger partial charge in [0.15, 0.2) is 5.75 Å². The molecular weight excluding hydrogens is 1050 g/mol. The van der Waals surface area contributed by atoms with Gasteiger partial charge in [-0.1, -0.05) is 90.3 Å². The van der Waals surface area contributed by atoms with Crippen molar-refractivity contribution in [3.8, 4) is 39.8 Å². The molecule has 0 saturated heterocycles. The van der Waals surface area contributed by atoms with Crippen molar-refractivity contribution in [1.82, 2.24) is 39.9 Å². The number of aromatic nitrogens is 8. The van der Waals surface area contributed by atoms with Gasteiger partial charge in [0, 0.05) is 131 Å². The number of H-pyrrole nitrogens is 4. The van der Waals surface area contributed by atoms with E-state index in [2.05, 4.69) is 146 Å². The highest BCUT2D eigenvalue weighted by atomic mass is 16.5. The molecule has 0 radical (unpaired) electrons. The number of amides is 1. The number of methoxy groups -OCH3 is 2. The van der Waals surface area contributed by atoms with E-state index >= 15 is 0 Å². The molecule has 1 amide bonds. The van der Waals surface area contributed by atoms with Crippen LogP contribution < -0.4 is 10.1 Å². The van der Waals surface area contributed by atoms with Gasteiger partial charge in [-0.05, 0) is 139 Å². The number of hydrogen-bond acceptors (Lipinski definition) is 8. The Morgan fingerprint density at radius 2 is 1.20 bits per heavy atom. The van der Waals surface area contributed by atoms with Crippen LogP contribution in [0.4, 0.5) is 5.69 Å². The zero-order valence-electron chi connectivity index (χ0n) is 48.8. The number of esters is 1. The molecule has 0 saturated carbocycles. The summed E-state index contributed by atoms with van der Waals surface area (Å²) >= 11 is 0. The van der Waals surface area contributed by atoms with E-state index in [0.717, 1.165) is 141 Å². The zero-order chi connectivity index (χ0) is 58.9. The number of nitrogens with one attached hydrogen (secondary N) is 5. The summed E-state index contributed by atoms with van der Waals surface area (Å²) in [7, 11) is 3.07. The van der Waals surface area contributed by atoms with Crippen LogP contribution in [0, 0.1) is 11.8 Å². The molecule has 420 valence electrons. The third kappa shape index (κ3) is 10.5. The first-order valence-corrected chi connectivity index (χ1v) is 28.5. The number of anilines is 1. The summed E-state index contributed by atoms with van der Waals surface area (Å²) in [5.74, 6) is 6.85. The minimum atomic E-state index is -0.410. The molecule has 4 aliphatic heterocycles. The topological polar surface area (TPSA) is 179 Å². The Bertz CT molecular complexity index is 4710. The minimum Gasteiger partial charge on any atom is -0.493 e. The molecule has 0 unspecified atom stereocenters. The van der Waals surface area contributed by atoms with Gasteiger partial charge in [0.25, 0.3) is 5.91 Å². The van der Waals surface area contributed by atoms with Gasteiger partial charge in [-0.15, -0.1) is 0 Å². The fourth-order valence-electron chi connectivity index (χ4n) is 11.9. The summed E-state index contributed by atoms with van der Waals surface area (Å²) in [6.45, 7) is 17.4. The minimum absolute atomic E-state index is 0.210. The number of aromatic amines is 4. The largest absolute Gasteiger partial charge is 0.493 e. The number of carbonyl (C=O) groups excluding carboxylic acids is 2. The second-order valence-corrected chi connectivity index (χ2v) is 24.3. The molecule has 13 rings (SSSR count). The molecule has 0 atom stereocenters. The van der Waals surface area contributed by atoms with Crippen LogP contribution in [0.5, 0.6) is 5.75 Å². The van der Waals surface area contributed by atoms with Gasteiger partial charge >= 0.3 is 5.97 Å². The molecule has 6 aromatic heterocycles. The van der Waals surface area contributed by atoms with Crippen molar-refractivity contribution < 1.29 is 19.1 Å². The van der Waals surface area contributed by atoms with E-state index in [9.17, 15) is 9.59 Å². The standard InChI is InChI=1S/C72H63N9O4/c1-10-42-29-53-36-63-71(4,5)38-54(76-63)32-58-47(30-52(75-58)35-64-72(6,7)40-61(81-64)67(84-8)66(42)78-53)16-13-41-11-14-45(15-12-41)68(82)79-48-23-21-43(22-24-48)56-37-60-65(44-17-19-46(20-18-44)69(83)85-9)57-28-27-50(74-57)31-49-25-26-51(73-49)34-62-70(2,3)39-55(77-62)33-59(56)80-60/h10-12,14-15,17-37,73,75,78,80H,1,38-40H2,2-9H3,(H,79,82). The Labute approximate surface area is 492 Å². The van der Waals surface area contributed by atoms with Gasteiger partial charge in [0.05, 0.1) is 53.5 Å². The van der Waals surface area contributed by atoms with E-state index in [-0.39, 0.29) is 22.2 Å². The van der Waals surface area contributed by atoms with Gasteiger partial charge in [-0.2, -0.15) is 0 Å². The lowest BCUT2D eigenvalue weighted by atomic mass is 9.87. The van der Waals surface area contributed by atoms with E-state index in [1.807, 2.05) is 72.8 Å². The molecule has 5 N–H and O–H groups in total. The molecule has 3 aromatic carbocycles. The fraction of sp³-hybridized carbons (Fsp3) is 0.194. The molecular formula is C72H63N9O4. The van der Waals surface area contributed by atoms with E-state index in [4.69, 9.17) is 29.4 Å². The third-order valence-corrected chi connectivity index (χ3v) is 16.5. The highest BCUT2D eigenvalue weighted by Gasteiger charge is 2.33. The Kier molecular flexibility index (Phi) is 13.2. The first-order valence-electron chi connectivity index (χ1n) is 28.5. The third-order valence-electron chi connectivity index (χ3n) is 16.5. The number of benzene rings is 3. The van der Waals surface area contributed by atoms with E-state index < -0.39 is 5.97 Å². The number of nitrogens with zero attached hydrogens (tertiary/aromatic N) is 4. The number of fused-ring (bicyclic) bond motifs is 16. The van der Waals surface area contributed by atoms with Crippen molar-refractivity contribution in [3.05, 3.63) is 219 Å². The highest BCUT2D eigenvalue weighted by molar-refractivity contribution is 6.04. The van der Waals surface area contributed by atoms with Crippen LogP contribution >= 0.6 is 0 Å². The van der Waals surface area contributed by atoms with Crippen LogP contribution in [0.1, 0.15) is 125 Å². The Morgan fingerprint density at radius 1 is 0.576 bits per heavy atom. The molecule has 13 nitrogen and oxygen atoms in total. The molecule has 9 aromatic rings. The Balaban J connectivity index is 0.819. The predicted octanol–water partition coefficient (Wildman–Crippen LogP) is 15.1. The van der Waals surface area contributed by atoms with Crippen molar-refractivity contribution >= 4 is 79.9 Å². The molecule has 13 heteroatoms. The SMILES string of the molecule is C=Cc1cc2cc3nc(cc4[nH]c(cc5nc(c(OC)c1[nH]2)CC5(C)C)cc4C#Cc1ccc(C(=O)Nc2ccc(-c4cc5[nH]c4cc4nc(cc6ccc(cc7nc(c5-c5ccc(C(=O)OC)cc5)C=C7)[nH]6)C(C)(C)C4)cc2)cc1)CC3(C)C.